The van der Waals surface area contributed by atoms with Crippen LogP contribution in [0.5, 0.6) is 0 Å². The lowest BCUT2D eigenvalue weighted by atomic mass is 10.2. The monoisotopic (exact) mass is 482 g/mol. The Labute approximate surface area is 177 Å². The maximum absolute atomic E-state index is 12.9. The van der Waals surface area contributed by atoms with Crippen molar-refractivity contribution in [2.75, 3.05) is 38.2 Å². The number of hydrogen-bond donors (Lipinski definition) is 1. The average Bonchev–Trinajstić information content (AvgIpc) is 2.73. The Morgan fingerprint density at radius 3 is 2.48 bits per heavy atom. The Morgan fingerprint density at radius 1 is 1.10 bits per heavy atom. The van der Waals surface area contributed by atoms with Crippen LogP contribution < -0.4 is 5.32 Å². The largest absolute Gasteiger partial charge is 0.452 e. The van der Waals surface area contributed by atoms with Crippen LogP contribution in [0.2, 0.25) is 0 Å². The summed E-state index contributed by atoms with van der Waals surface area (Å²) in [5.74, 6) is -1.29. The molecule has 154 valence electrons. The number of para-hydroxylation sites is 1. The van der Waals surface area contributed by atoms with Crippen molar-refractivity contribution in [1.82, 2.24) is 4.31 Å². The van der Waals surface area contributed by atoms with Gasteiger partial charge in [-0.05, 0) is 46.3 Å². The molecule has 0 aromatic heterocycles. The van der Waals surface area contributed by atoms with Gasteiger partial charge < -0.3 is 14.8 Å². The second-order valence-electron chi connectivity index (χ2n) is 6.15. The highest BCUT2D eigenvalue weighted by molar-refractivity contribution is 9.10. The minimum Gasteiger partial charge on any atom is -0.452 e. The van der Waals surface area contributed by atoms with E-state index >= 15 is 0 Å². The fourth-order valence-electron chi connectivity index (χ4n) is 2.69. The van der Waals surface area contributed by atoms with E-state index in [0.29, 0.717) is 23.4 Å². The van der Waals surface area contributed by atoms with Crippen LogP contribution in [-0.2, 0) is 24.3 Å². The molecule has 1 N–H and O–H groups in total. The number of anilines is 1. The number of benzene rings is 2. The molecule has 1 aliphatic heterocycles. The van der Waals surface area contributed by atoms with E-state index in [1.54, 1.807) is 24.3 Å². The first-order chi connectivity index (χ1) is 13.9. The van der Waals surface area contributed by atoms with Gasteiger partial charge in [-0.3, -0.25) is 4.79 Å². The van der Waals surface area contributed by atoms with E-state index in [1.165, 1.54) is 22.5 Å². The van der Waals surface area contributed by atoms with Crippen LogP contribution >= 0.6 is 15.9 Å². The van der Waals surface area contributed by atoms with Gasteiger partial charge in [0.25, 0.3) is 5.91 Å². The van der Waals surface area contributed by atoms with Crippen molar-refractivity contribution >= 4 is 43.5 Å². The lowest BCUT2D eigenvalue weighted by Crippen LogP contribution is -2.40. The zero-order valence-corrected chi connectivity index (χ0v) is 17.7. The van der Waals surface area contributed by atoms with Crippen LogP contribution in [0.15, 0.2) is 57.9 Å². The van der Waals surface area contributed by atoms with Crippen LogP contribution in [0.25, 0.3) is 0 Å². The Bertz CT molecular complexity index is 991. The number of nitrogens with one attached hydrogen (secondary N) is 1. The number of amides is 1. The van der Waals surface area contributed by atoms with Gasteiger partial charge in [-0.2, -0.15) is 4.31 Å². The summed E-state index contributed by atoms with van der Waals surface area (Å²) in [5, 5.41) is 2.60. The molecule has 1 saturated heterocycles. The Morgan fingerprint density at radius 2 is 1.79 bits per heavy atom. The molecule has 2 aromatic carbocycles. The van der Waals surface area contributed by atoms with Crippen LogP contribution in [0.3, 0.4) is 0 Å². The van der Waals surface area contributed by atoms with Crippen LogP contribution in [-0.4, -0.2) is 57.5 Å². The quantitative estimate of drug-likeness (QED) is 0.633. The fraction of sp³-hybridized carbons (Fsp3) is 0.263. The van der Waals surface area contributed by atoms with E-state index in [9.17, 15) is 18.0 Å². The van der Waals surface area contributed by atoms with Crippen LogP contribution in [0, 0.1) is 0 Å². The molecule has 0 saturated carbocycles. The number of esters is 1. The summed E-state index contributed by atoms with van der Waals surface area (Å²) in [5.41, 5.74) is 0.614. The van der Waals surface area contributed by atoms with Gasteiger partial charge in [0.2, 0.25) is 10.0 Å². The second kappa shape index (κ2) is 9.49. The number of morpholine rings is 1. The molecule has 8 nitrogen and oxygen atoms in total. The SMILES string of the molecule is O=C(COC(=O)c1ccc(Br)c(S(=O)(=O)N2CCOCC2)c1)Nc1ccccc1. The predicted octanol–water partition coefficient (Wildman–Crippen LogP) is 2.27. The molecule has 0 radical (unpaired) electrons. The molecule has 29 heavy (non-hydrogen) atoms. The minimum absolute atomic E-state index is 0.0348. The first kappa shape index (κ1) is 21.4. The predicted molar refractivity (Wildman–Crippen MR) is 109 cm³/mol. The van der Waals surface area contributed by atoms with Gasteiger partial charge in [0.1, 0.15) is 0 Å². The van der Waals surface area contributed by atoms with Gasteiger partial charge in [-0.1, -0.05) is 18.2 Å². The van der Waals surface area contributed by atoms with Gasteiger partial charge in [-0.15, -0.1) is 0 Å². The number of ether oxygens (including phenoxy) is 2. The van der Waals surface area contributed by atoms with E-state index in [0.717, 1.165) is 0 Å². The summed E-state index contributed by atoms with van der Waals surface area (Å²) in [4.78, 5) is 24.2. The molecule has 3 rings (SSSR count). The lowest BCUT2D eigenvalue weighted by molar-refractivity contribution is -0.119. The molecule has 1 fully saturated rings. The number of carbonyl (C=O) groups excluding carboxylic acids is 2. The van der Waals surface area contributed by atoms with Crippen molar-refractivity contribution in [3.8, 4) is 0 Å². The van der Waals surface area contributed by atoms with Crippen molar-refractivity contribution in [3.05, 3.63) is 58.6 Å². The highest BCUT2D eigenvalue weighted by atomic mass is 79.9. The molecule has 0 atom stereocenters. The molecule has 0 spiro atoms. The topological polar surface area (TPSA) is 102 Å². The van der Waals surface area contributed by atoms with Gasteiger partial charge in [0.05, 0.1) is 23.7 Å². The standard InChI is InChI=1S/C19H19BrN2O6S/c20-16-7-6-14(12-17(16)29(25,26)22-8-10-27-11-9-22)19(24)28-13-18(23)21-15-4-2-1-3-5-15/h1-7,12H,8-11,13H2,(H,21,23). The zero-order chi connectivity index (χ0) is 20.9. The minimum atomic E-state index is -3.80. The average molecular weight is 483 g/mol. The normalized spacial score (nSPS) is 14.9. The molecule has 0 unspecified atom stereocenters. The summed E-state index contributed by atoms with van der Waals surface area (Å²) in [6, 6.07) is 12.9. The second-order valence-corrected chi connectivity index (χ2v) is 8.91. The third-order valence-corrected chi connectivity index (χ3v) is 7.04. The first-order valence-corrected chi connectivity index (χ1v) is 11.0. The number of rotatable bonds is 6. The van der Waals surface area contributed by atoms with Crippen LogP contribution in [0.1, 0.15) is 10.4 Å². The molecular weight excluding hydrogens is 464 g/mol. The molecule has 0 bridgehead atoms. The number of hydrogen-bond acceptors (Lipinski definition) is 6. The van der Waals surface area contributed by atoms with Crippen molar-refractivity contribution < 1.29 is 27.5 Å². The van der Waals surface area contributed by atoms with Crippen molar-refractivity contribution in [2.24, 2.45) is 0 Å². The third kappa shape index (κ3) is 5.41. The van der Waals surface area contributed by atoms with Gasteiger partial charge >= 0.3 is 5.97 Å². The van der Waals surface area contributed by atoms with Gasteiger partial charge in [0, 0.05) is 23.2 Å². The summed E-state index contributed by atoms with van der Waals surface area (Å²) < 4.78 is 37.6. The summed E-state index contributed by atoms with van der Waals surface area (Å²) in [6.07, 6.45) is 0. The molecule has 1 amide bonds. The summed E-state index contributed by atoms with van der Waals surface area (Å²) in [6.45, 7) is 0.617. The molecule has 0 aliphatic carbocycles. The molecule has 1 heterocycles. The van der Waals surface area contributed by atoms with E-state index in [4.69, 9.17) is 9.47 Å². The Hall–Kier alpha value is -2.27. The Kier molecular flexibility index (Phi) is 7.01. The number of halogens is 1. The van der Waals surface area contributed by atoms with E-state index in [2.05, 4.69) is 21.2 Å². The lowest BCUT2D eigenvalue weighted by Gasteiger charge is -2.26. The maximum Gasteiger partial charge on any atom is 0.338 e. The number of carbonyl (C=O) groups is 2. The van der Waals surface area contributed by atoms with Crippen molar-refractivity contribution in [1.29, 1.82) is 0 Å². The highest BCUT2D eigenvalue weighted by Crippen LogP contribution is 2.27. The molecule has 10 heteroatoms. The maximum atomic E-state index is 12.9. The summed E-state index contributed by atoms with van der Waals surface area (Å²) in [7, 11) is -3.80. The smallest absolute Gasteiger partial charge is 0.338 e. The first-order valence-electron chi connectivity index (χ1n) is 8.77. The summed E-state index contributed by atoms with van der Waals surface area (Å²) >= 11 is 3.23. The molecular formula is C19H19BrN2O6S. The van der Waals surface area contributed by atoms with Gasteiger partial charge in [-0.25, -0.2) is 13.2 Å². The fourth-order valence-corrected chi connectivity index (χ4v) is 5.05. The number of sulfonamides is 1. The van der Waals surface area contributed by atoms with Crippen molar-refractivity contribution in [3.63, 3.8) is 0 Å². The molecule has 2 aromatic rings. The van der Waals surface area contributed by atoms with Crippen molar-refractivity contribution in [2.45, 2.75) is 4.90 Å². The molecule has 1 aliphatic rings. The highest BCUT2D eigenvalue weighted by Gasteiger charge is 2.29. The van der Waals surface area contributed by atoms with E-state index < -0.39 is 28.5 Å². The van der Waals surface area contributed by atoms with Crippen LogP contribution in [0.4, 0.5) is 5.69 Å². The van der Waals surface area contributed by atoms with E-state index in [1.807, 2.05) is 6.07 Å². The Balaban J connectivity index is 1.68. The number of nitrogens with zero attached hydrogens (tertiary/aromatic N) is 1. The zero-order valence-electron chi connectivity index (χ0n) is 15.3. The van der Waals surface area contributed by atoms with Gasteiger partial charge in [0.15, 0.2) is 6.61 Å². The van der Waals surface area contributed by atoms with E-state index in [-0.39, 0.29) is 23.5 Å². The third-order valence-electron chi connectivity index (χ3n) is 4.15.